The molecule has 0 spiro atoms. The molecule has 1 unspecified atom stereocenters. The van der Waals surface area contributed by atoms with Crippen molar-refractivity contribution in [3.8, 4) is 0 Å². The van der Waals surface area contributed by atoms with Crippen LogP contribution < -0.4 is 10.6 Å². The predicted octanol–water partition coefficient (Wildman–Crippen LogP) is 1.45. The van der Waals surface area contributed by atoms with E-state index in [-0.39, 0.29) is 23.3 Å². The van der Waals surface area contributed by atoms with Crippen LogP contribution in [0.3, 0.4) is 0 Å². The first kappa shape index (κ1) is 14.9. The highest BCUT2D eigenvalue weighted by Crippen LogP contribution is 2.18. The number of rotatable bonds is 3. The number of carbonyl (C=O) groups excluding carboxylic acids is 2. The first-order valence-corrected chi connectivity index (χ1v) is 5.60. The first-order chi connectivity index (χ1) is 6.99. The molecule has 4 nitrogen and oxygen atoms in total. The standard InChI is InChI=1S/C12H24N2O2/c1-8(2)12(7,13-9(3)15)10(16)14-11(4,5)6/h8H,1-7H3,(H,13,15)(H,14,16). The number of hydrogen-bond donors (Lipinski definition) is 2. The van der Waals surface area contributed by atoms with E-state index >= 15 is 0 Å². The number of hydrogen-bond acceptors (Lipinski definition) is 2. The third kappa shape index (κ3) is 4.21. The van der Waals surface area contributed by atoms with Crippen LogP contribution in [-0.4, -0.2) is 22.9 Å². The fourth-order valence-electron chi connectivity index (χ4n) is 1.30. The minimum absolute atomic E-state index is 0.0266. The van der Waals surface area contributed by atoms with E-state index in [4.69, 9.17) is 0 Å². The van der Waals surface area contributed by atoms with E-state index in [1.54, 1.807) is 6.92 Å². The SMILES string of the molecule is CC(=O)NC(C)(C(=O)NC(C)(C)C)C(C)C. The van der Waals surface area contributed by atoms with Gasteiger partial charge < -0.3 is 10.6 Å². The van der Waals surface area contributed by atoms with Crippen LogP contribution in [0, 0.1) is 5.92 Å². The van der Waals surface area contributed by atoms with Gasteiger partial charge in [0.25, 0.3) is 0 Å². The highest BCUT2D eigenvalue weighted by molar-refractivity contribution is 5.91. The summed E-state index contributed by atoms with van der Waals surface area (Å²) in [5.74, 6) is -0.316. The van der Waals surface area contributed by atoms with Crippen molar-refractivity contribution in [3.63, 3.8) is 0 Å². The lowest BCUT2D eigenvalue weighted by Gasteiger charge is -2.35. The molecule has 4 heteroatoms. The molecular weight excluding hydrogens is 204 g/mol. The monoisotopic (exact) mass is 228 g/mol. The Balaban J connectivity index is 4.92. The van der Waals surface area contributed by atoms with E-state index in [0.717, 1.165) is 0 Å². The molecule has 0 aromatic rings. The van der Waals surface area contributed by atoms with Crippen molar-refractivity contribution in [1.29, 1.82) is 0 Å². The first-order valence-electron chi connectivity index (χ1n) is 5.60. The number of carbonyl (C=O) groups is 2. The summed E-state index contributed by atoms with van der Waals surface area (Å²) in [5, 5.41) is 5.62. The molecule has 0 heterocycles. The maximum Gasteiger partial charge on any atom is 0.246 e. The van der Waals surface area contributed by atoms with Gasteiger partial charge in [0, 0.05) is 12.5 Å². The fourth-order valence-corrected chi connectivity index (χ4v) is 1.30. The Bertz CT molecular complexity index is 279. The smallest absolute Gasteiger partial charge is 0.246 e. The van der Waals surface area contributed by atoms with Crippen LogP contribution in [-0.2, 0) is 9.59 Å². The molecule has 0 saturated carbocycles. The lowest BCUT2D eigenvalue weighted by molar-refractivity contribution is -0.135. The van der Waals surface area contributed by atoms with Crippen LogP contribution in [0.25, 0.3) is 0 Å². The van der Waals surface area contributed by atoms with Gasteiger partial charge in [-0.05, 0) is 33.6 Å². The molecule has 2 amide bonds. The van der Waals surface area contributed by atoms with Crippen molar-refractivity contribution < 1.29 is 9.59 Å². The number of amides is 2. The third-order valence-corrected chi connectivity index (χ3v) is 2.55. The van der Waals surface area contributed by atoms with Gasteiger partial charge in [0.05, 0.1) is 0 Å². The van der Waals surface area contributed by atoms with Gasteiger partial charge in [0.15, 0.2) is 0 Å². The van der Waals surface area contributed by atoms with E-state index in [2.05, 4.69) is 10.6 Å². The van der Waals surface area contributed by atoms with Gasteiger partial charge >= 0.3 is 0 Å². The summed E-state index contributed by atoms with van der Waals surface area (Å²) in [6.45, 7) is 12.7. The normalized spacial score (nSPS) is 15.5. The molecule has 0 aliphatic rings. The Labute approximate surface area is 98.2 Å². The Morgan fingerprint density at radius 2 is 1.44 bits per heavy atom. The molecule has 0 radical (unpaired) electrons. The Hall–Kier alpha value is -1.06. The van der Waals surface area contributed by atoms with Gasteiger partial charge in [0.1, 0.15) is 5.54 Å². The lowest BCUT2D eigenvalue weighted by Crippen LogP contribution is -2.62. The van der Waals surface area contributed by atoms with Crippen LogP contribution in [0.4, 0.5) is 0 Å². The molecule has 0 saturated heterocycles. The van der Waals surface area contributed by atoms with Gasteiger partial charge in [0.2, 0.25) is 11.8 Å². The van der Waals surface area contributed by atoms with Gasteiger partial charge in [-0.2, -0.15) is 0 Å². The van der Waals surface area contributed by atoms with Crippen molar-refractivity contribution in [3.05, 3.63) is 0 Å². The van der Waals surface area contributed by atoms with Gasteiger partial charge in [-0.15, -0.1) is 0 Å². The second kappa shape index (κ2) is 4.85. The Kier molecular flexibility index (Phi) is 4.53. The highest BCUT2D eigenvalue weighted by Gasteiger charge is 2.38. The second-order valence-corrected chi connectivity index (χ2v) is 5.74. The average molecular weight is 228 g/mol. The van der Waals surface area contributed by atoms with E-state index in [9.17, 15) is 9.59 Å². The molecule has 1 atom stereocenters. The molecule has 0 aliphatic carbocycles. The molecule has 0 rings (SSSR count). The molecule has 16 heavy (non-hydrogen) atoms. The lowest BCUT2D eigenvalue weighted by atomic mass is 9.86. The average Bonchev–Trinajstić information content (AvgIpc) is 1.98. The summed E-state index contributed by atoms with van der Waals surface area (Å²) >= 11 is 0. The predicted molar refractivity (Wildman–Crippen MR) is 65.0 cm³/mol. The molecule has 2 N–H and O–H groups in total. The highest BCUT2D eigenvalue weighted by atomic mass is 16.2. The minimum atomic E-state index is -0.862. The van der Waals surface area contributed by atoms with Crippen LogP contribution in [0.1, 0.15) is 48.5 Å². The molecular formula is C12H24N2O2. The summed E-state index contributed by atoms with van der Waals surface area (Å²) in [7, 11) is 0. The van der Waals surface area contributed by atoms with E-state index in [1.165, 1.54) is 6.92 Å². The zero-order chi connectivity index (χ0) is 13.1. The summed E-state index contributed by atoms with van der Waals surface area (Å²) in [5.41, 5.74) is -1.16. The minimum Gasteiger partial charge on any atom is -0.349 e. The molecule has 0 aliphatic heterocycles. The van der Waals surface area contributed by atoms with Crippen LogP contribution in [0.5, 0.6) is 0 Å². The molecule has 0 bridgehead atoms. The zero-order valence-electron chi connectivity index (χ0n) is 11.4. The summed E-state index contributed by atoms with van der Waals surface area (Å²) in [4.78, 5) is 23.3. The largest absolute Gasteiger partial charge is 0.349 e. The van der Waals surface area contributed by atoms with Crippen molar-refractivity contribution >= 4 is 11.8 Å². The second-order valence-electron chi connectivity index (χ2n) is 5.74. The van der Waals surface area contributed by atoms with Crippen molar-refractivity contribution in [1.82, 2.24) is 10.6 Å². The summed E-state index contributed by atoms with van der Waals surface area (Å²) < 4.78 is 0. The van der Waals surface area contributed by atoms with Crippen LogP contribution in [0.15, 0.2) is 0 Å². The fraction of sp³-hybridized carbons (Fsp3) is 0.833. The molecule has 0 fully saturated rings. The maximum atomic E-state index is 12.1. The Morgan fingerprint density at radius 3 is 1.69 bits per heavy atom. The number of nitrogens with one attached hydrogen (secondary N) is 2. The van der Waals surface area contributed by atoms with E-state index in [1.807, 2.05) is 34.6 Å². The van der Waals surface area contributed by atoms with Gasteiger partial charge in [-0.1, -0.05) is 13.8 Å². The van der Waals surface area contributed by atoms with Crippen LogP contribution >= 0.6 is 0 Å². The van der Waals surface area contributed by atoms with Crippen molar-refractivity contribution in [2.45, 2.75) is 59.5 Å². The zero-order valence-corrected chi connectivity index (χ0v) is 11.4. The summed E-state index contributed by atoms with van der Waals surface area (Å²) in [6, 6.07) is 0. The van der Waals surface area contributed by atoms with Gasteiger partial charge in [-0.25, -0.2) is 0 Å². The summed E-state index contributed by atoms with van der Waals surface area (Å²) in [6.07, 6.45) is 0. The molecule has 0 aromatic carbocycles. The van der Waals surface area contributed by atoms with Crippen molar-refractivity contribution in [2.75, 3.05) is 0 Å². The topological polar surface area (TPSA) is 58.2 Å². The van der Waals surface area contributed by atoms with Crippen LogP contribution in [0.2, 0.25) is 0 Å². The third-order valence-electron chi connectivity index (χ3n) is 2.55. The maximum absolute atomic E-state index is 12.1. The van der Waals surface area contributed by atoms with Crippen molar-refractivity contribution in [2.24, 2.45) is 5.92 Å². The molecule has 0 aromatic heterocycles. The van der Waals surface area contributed by atoms with E-state index in [0.29, 0.717) is 0 Å². The van der Waals surface area contributed by atoms with Gasteiger partial charge in [-0.3, -0.25) is 9.59 Å². The Morgan fingerprint density at radius 1 is 1.00 bits per heavy atom. The van der Waals surface area contributed by atoms with E-state index < -0.39 is 5.54 Å². The molecule has 94 valence electrons. The quantitative estimate of drug-likeness (QED) is 0.768.